The summed E-state index contributed by atoms with van der Waals surface area (Å²) in [4.78, 5) is 0. The first-order valence-corrected chi connectivity index (χ1v) is 15.3. The SMILES string of the molecule is CC(C)=C[SiH](CCNC1CCCCC1)[Si](C)(C)C(C)(C)C. The smallest absolute Gasteiger partial charge is 0.0572 e. The topological polar surface area (TPSA) is 12.0 Å². The van der Waals surface area contributed by atoms with Gasteiger partial charge in [-0.2, -0.15) is 0 Å². The lowest BCUT2D eigenvalue weighted by molar-refractivity contribution is 0.380. The van der Waals surface area contributed by atoms with Crippen LogP contribution in [0, 0.1) is 0 Å². The van der Waals surface area contributed by atoms with E-state index in [0.29, 0.717) is 5.04 Å². The fraction of sp³-hybridized carbons (Fsp3) is 0.889. The zero-order chi connectivity index (χ0) is 16.1. The van der Waals surface area contributed by atoms with Crippen LogP contribution in [0.2, 0.25) is 24.2 Å². The first kappa shape index (κ1) is 19.2. The number of allylic oxidation sites excluding steroid dienone is 1. The molecule has 1 atom stereocenters. The van der Waals surface area contributed by atoms with Gasteiger partial charge in [-0.1, -0.05) is 58.7 Å². The van der Waals surface area contributed by atoms with E-state index in [-0.39, 0.29) is 0 Å². The van der Waals surface area contributed by atoms with E-state index in [9.17, 15) is 0 Å². The van der Waals surface area contributed by atoms with Crippen LogP contribution in [-0.4, -0.2) is 28.5 Å². The molecule has 0 aromatic rings. The van der Waals surface area contributed by atoms with Crippen molar-refractivity contribution in [1.82, 2.24) is 5.32 Å². The van der Waals surface area contributed by atoms with Crippen molar-refractivity contribution in [1.29, 1.82) is 0 Å². The maximum atomic E-state index is 3.88. The Hall–Kier alpha value is 0.134. The summed E-state index contributed by atoms with van der Waals surface area (Å²) in [6.07, 6.45) is 7.16. The molecule has 0 aromatic carbocycles. The molecule has 0 spiro atoms. The summed E-state index contributed by atoms with van der Waals surface area (Å²) < 4.78 is 0. The van der Waals surface area contributed by atoms with Crippen LogP contribution in [0.25, 0.3) is 0 Å². The predicted molar refractivity (Wildman–Crippen MR) is 103 cm³/mol. The van der Waals surface area contributed by atoms with Crippen molar-refractivity contribution < 1.29 is 0 Å². The van der Waals surface area contributed by atoms with Gasteiger partial charge in [0.1, 0.15) is 0 Å². The van der Waals surface area contributed by atoms with Gasteiger partial charge < -0.3 is 5.32 Å². The summed E-state index contributed by atoms with van der Waals surface area (Å²) in [5.41, 5.74) is 4.26. The van der Waals surface area contributed by atoms with Crippen molar-refractivity contribution in [3.05, 3.63) is 11.3 Å². The third kappa shape index (κ3) is 6.03. The first-order chi connectivity index (χ1) is 9.64. The average Bonchev–Trinajstić information content (AvgIpc) is 2.37. The van der Waals surface area contributed by atoms with Crippen molar-refractivity contribution in [3.8, 4) is 0 Å². The van der Waals surface area contributed by atoms with Crippen LogP contribution in [0.15, 0.2) is 11.3 Å². The van der Waals surface area contributed by atoms with Gasteiger partial charge >= 0.3 is 0 Å². The maximum Gasteiger partial charge on any atom is 0.0572 e. The van der Waals surface area contributed by atoms with Gasteiger partial charge in [0.2, 0.25) is 0 Å². The normalized spacial score (nSPS) is 19.4. The highest BCUT2D eigenvalue weighted by Crippen LogP contribution is 2.39. The first-order valence-electron chi connectivity index (χ1n) is 9.03. The van der Waals surface area contributed by atoms with E-state index in [0.717, 1.165) is 6.04 Å². The summed E-state index contributed by atoms with van der Waals surface area (Å²) in [6.45, 7) is 18.6. The van der Waals surface area contributed by atoms with E-state index in [1.165, 1.54) is 44.7 Å². The van der Waals surface area contributed by atoms with Crippen molar-refractivity contribution in [2.45, 2.75) is 96.9 Å². The van der Waals surface area contributed by atoms with Gasteiger partial charge in [0.05, 0.1) is 8.31 Å². The molecule has 21 heavy (non-hydrogen) atoms. The molecule has 1 nitrogen and oxygen atoms in total. The molecule has 1 N–H and O–H groups in total. The molecule has 1 rings (SSSR count). The van der Waals surface area contributed by atoms with Crippen LogP contribution >= 0.6 is 0 Å². The minimum atomic E-state index is -1.16. The van der Waals surface area contributed by atoms with Crippen molar-refractivity contribution >= 4 is 15.9 Å². The standard InChI is InChI=1S/C18H39NSi2/c1-16(2)15-20(21(6,7)18(3,4)5)14-13-19-17-11-9-8-10-12-17/h15,17,19-20H,8-14H2,1-7H3. The molecule has 1 aliphatic carbocycles. The molecule has 1 saturated carbocycles. The molecule has 0 aromatic heterocycles. The largest absolute Gasteiger partial charge is 0.314 e. The van der Waals surface area contributed by atoms with E-state index in [1.807, 2.05) is 0 Å². The van der Waals surface area contributed by atoms with Gasteiger partial charge in [-0.3, -0.25) is 0 Å². The molecule has 0 heterocycles. The highest BCUT2D eigenvalue weighted by Gasteiger charge is 2.41. The highest BCUT2D eigenvalue weighted by molar-refractivity contribution is 7.35. The van der Waals surface area contributed by atoms with Gasteiger partial charge in [0, 0.05) is 13.6 Å². The Balaban J connectivity index is 2.60. The van der Waals surface area contributed by atoms with Crippen LogP contribution in [-0.2, 0) is 0 Å². The van der Waals surface area contributed by atoms with E-state index in [1.54, 1.807) is 5.57 Å². The van der Waals surface area contributed by atoms with Gasteiger partial charge in [-0.05, 0) is 44.3 Å². The number of hydrogen-bond acceptors (Lipinski definition) is 1. The van der Waals surface area contributed by atoms with Gasteiger partial charge in [0.15, 0.2) is 0 Å². The van der Waals surface area contributed by atoms with Crippen molar-refractivity contribution in [2.24, 2.45) is 0 Å². The molecule has 0 amide bonds. The quantitative estimate of drug-likeness (QED) is 0.659. The average molecular weight is 326 g/mol. The van der Waals surface area contributed by atoms with E-state index >= 15 is 0 Å². The zero-order valence-electron chi connectivity index (χ0n) is 15.7. The Labute approximate surface area is 136 Å². The van der Waals surface area contributed by atoms with Gasteiger partial charge in [0.25, 0.3) is 0 Å². The lowest BCUT2D eigenvalue weighted by Crippen LogP contribution is -2.53. The number of nitrogens with one attached hydrogen (secondary N) is 1. The van der Waals surface area contributed by atoms with Crippen LogP contribution in [0.5, 0.6) is 0 Å². The minimum absolute atomic E-state index is 0.528. The fourth-order valence-electron chi connectivity index (χ4n) is 3.36. The van der Waals surface area contributed by atoms with Gasteiger partial charge in [-0.25, -0.2) is 0 Å². The Morgan fingerprint density at radius 1 is 1.14 bits per heavy atom. The summed E-state index contributed by atoms with van der Waals surface area (Å²) in [5.74, 6) is 0. The second-order valence-corrected chi connectivity index (χ2v) is 22.5. The molecule has 0 radical (unpaired) electrons. The molecule has 1 fully saturated rings. The van der Waals surface area contributed by atoms with E-state index < -0.39 is 15.9 Å². The third-order valence-electron chi connectivity index (χ3n) is 5.89. The second-order valence-electron chi connectivity index (χ2n) is 8.90. The third-order valence-corrected chi connectivity index (χ3v) is 23.1. The minimum Gasteiger partial charge on any atom is -0.314 e. The van der Waals surface area contributed by atoms with Crippen LogP contribution in [0.3, 0.4) is 0 Å². The zero-order valence-corrected chi connectivity index (χ0v) is 17.8. The monoisotopic (exact) mass is 325 g/mol. The summed E-state index contributed by atoms with van der Waals surface area (Å²) in [7, 11) is -1.94. The maximum absolute atomic E-state index is 3.88. The lowest BCUT2D eigenvalue weighted by Gasteiger charge is -2.42. The summed E-state index contributed by atoms with van der Waals surface area (Å²) >= 11 is 0. The molecule has 124 valence electrons. The fourth-order valence-corrected chi connectivity index (χ4v) is 15.2. The number of rotatable bonds is 6. The molecular formula is C18H39NSi2. The van der Waals surface area contributed by atoms with Crippen molar-refractivity contribution in [3.63, 3.8) is 0 Å². The molecule has 0 saturated heterocycles. The highest BCUT2D eigenvalue weighted by atomic mass is 29.2. The van der Waals surface area contributed by atoms with Crippen LogP contribution < -0.4 is 5.32 Å². The second kappa shape index (κ2) is 8.12. The molecule has 0 aliphatic heterocycles. The molecule has 1 unspecified atom stereocenters. The Kier molecular flexibility index (Phi) is 7.41. The van der Waals surface area contributed by atoms with E-state index in [2.05, 4.69) is 58.7 Å². The van der Waals surface area contributed by atoms with Crippen LogP contribution in [0.1, 0.15) is 66.7 Å². The predicted octanol–water partition coefficient (Wildman–Crippen LogP) is 5.23. The Bertz CT molecular complexity index is 332. The Morgan fingerprint density at radius 2 is 1.71 bits per heavy atom. The van der Waals surface area contributed by atoms with Gasteiger partial charge in [-0.15, -0.1) is 5.70 Å². The van der Waals surface area contributed by atoms with Crippen LogP contribution in [0.4, 0.5) is 0 Å². The molecular weight excluding hydrogens is 286 g/mol. The lowest BCUT2D eigenvalue weighted by atomic mass is 9.96. The van der Waals surface area contributed by atoms with E-state index in [4.69, 9.17) is 0 Å². The Morgan fingerprint density at radius 3 is 2.19 bits per heavy atom. The van der Waals surface area contributed by atoms with Crippen molar-refractivity contribution in [2.75, 3.05) is 6.54 Å². The summed E-state index contributed by atoms with van der Waals surface area (Å²) in [5, 5.41) is 4.40. The number of hydrogen-bond donors (Lipinski definition) is 1. The molecule has 1 aliphatic rings. The molecule has 0 bridgehead atoms. The summed E-state index contributed by atoms with van der Waals surface area (Å²) in [6, 6.07) is 2.28. The molecule has 3 heteroatoms.